The topological polar surface area (TPSA) is 0 Å². The molecule has 0 nitrogen and oxygen atoms in total. The molecule has 0 heterocycles. The summed E-state index contributed by atoms with van der Waals surface area (Å²) >= 11 is 0. The molecule has 0 aliphatic heterocycles. The number of hydrogen-bond acceptors (Lipinski definition) is 0. The van der Waals surface area contributed by atoms with Crippen molar-refractivity contribution in [1.29, 1.82) is 0 Å². The van der Waals surface area contributed by atoms with Crippen LogP contribution >= 0.6 is 0 Å². The molecule has 0 amide bonds. The second kappa shape index (κ2) is 5.17. The lowest BCUT2D eigenvalue weighted by Crippen LogP contribution is -2.03. The lowest BCUT2D eigenvalue weighted by Gasteiger charge is -2.14. The first-order chi connectivity index (χ1) is 5.11. The normalized spacial score (nSPS) is 17.6. The maximum absolute atomic E-state index is 3.73. The summed E-state index contributed by atoms with van der Waals surface area (Å²) in [6.07, 6.45) is 5.46. The Labute approximate surface area is 71.0 Å². The number of hydrogen-bond donors (Lipinski definition) is 0. The summed E-state index contributed by atoms with van der Waals surface area (Å²) in [6.45, 7) is 12.6. The van der Waals surface area contributed by atoms with E-state index in [1.165, 1.54) is 12.0 Å². The van der Waals surface area contributed by atoms with Crippen LogP contribution in [0.1, 0.15) is 34.1 Å². The van der Waals surface area contributed by atoms with Gasteiger partial charge in [0.2, 0.25) is 0 Å². The van der Waals surface area contributed by atoms with Crippen molar-refractivity contribution in [1.82, 2.24) is 0 Å². The zero-order valence-electron chi connectivity index (χ0n) is 8.22. The molecule has 0 aliphatic carbocycles. The van der Waals surface area contributed by atoms with Gasteiger partial charge in [-0.1, -0.05) is 51.5 Å². The van der Waals surface area contributed by atoms with E-state index in [4.69, 9.17) is 0 Å². The standard InChI is InChI=1S/C11H20/c1-6-9(3)8-11(5)10(4)7-2/h6,8,10-11H,1,7H2,2-5H3/b9-8-. The summed E-state index contributed by atoms with van der Waals surface area (Å²) in [6, 6.07) is 0. The molecule has 0 aromatic carbocycles. The van der Waals surface area contributed by atoms with E-state index in [0.717, 1.165) is 5.92 Å². The third-order valence-corrected chi connectivity index (χ3v) is 2.39. The second-order valence-corrected chi connectivity index (χ2v) is 3.36. The molecule has 0 fully saturated rings. The minimum Gasteiger partial charge on any atom is -0.0988 e. The Morgan fingerprint density at radius 1 is 1.45 bits per heavy atom. The molecule has 2 atom stereocenters. The first-order valence-electron chi connectivity index (χ1n) is 4.42. The van der Waals surface area contributed by atoms with Gasteiger partial charge in [0.05, 0.1) is 0 Å². The highest BCUT2D eigenvalue weighted by molar-refractivity contribution is 5.13. The minimum absolute atomic E-state index is 0.679. The van der Waals surface area contributed by atoms with Crippen molar-refractivity contribution in [2.75, 3.05) is 0 Å². The molecular formula is C11H20. The maximum Gasteiger partial charge on any atom is -0.0231 e. The van der Waals surface area contributed by atoms with E-state index in [0.29, 0.717) is 5.92 Å². The maximum atomic E-state index is 3.73. The average molecular weight is 152 g/mol. The molecule has 64 valence electrons. The van der Waals surface area contributed by atoms with Crippen LogP contribution in [0.25, 0.3) is 0 Å². The van der Waals surface area contributed by atoms with Crippen LogP contribution in [0.3, 0.4) is 0 Å². The highest BCUT2D eigenvalue weighted by Gasteiger charge is 2.05. The van der Waals surface area contributed by atoms with E-state index in [1.807, 2.05) is 6.08 Å². The molecule has 0 heteroatoms. The monoisotopic (exact) mass is 152 g/mol. The fraction of sp³-hybridized carbons (Fsp3) is 0.636. The van der Waals surface area contributed by atoms with Gasteiger partial charge in [0.25, 0.3) is 0 Å². The summed E-state index contributed by atoms with van der Waals surface area (Å²) < 4.78 is 0. The minimum atomic E-state index is 0.679. The van der Waals surface area contributed by atoms with Crippen LogP contribution in [-0.2, 0) is 0 Å². The fourth-order valence-corrected chi connectivity index (χ4v) is 1.02. The second-order valence-electron chi connectivity index (χ2n) is 3.36. The summed E-state index contributed by atoms with van der Waals surface area (Å²) in [5.41, 5.74) is 1.29. The lowest BCUT2D eigenvalue weighted by atomic mass is 9.92. The van der Waals surface area contributed by atoms with Crippen LogP contribution in [0, 0.1) is 11.8 Å². The molecule has 2 unspecified atom stereocenters. The smallest absolute Gasteiger partial charge is 0.0231 e. The third-order valence-electron chi connectivity index (χ3n) is 2.39. The van der Waals surface area contributed by atoms with Crippen molar-refractivity contribution >= 4 is 0 Å². The van der Waals surface area contributed by atoms with Gasteiger partial charge in [-0.05, 0) is 18.8 Å². The van der Waals surface area contributed by atoms with E-state index < -0.39 is 0 Å². The fourth-order valence-electron chi connectivity index (χ4n) is 1.02. The third kappa shape index (κ3) is 4.02. The van der Waals surface area contributed by atoms with Gasteiger partial charge >= 0.3 is 0 Å². The van der Waals surface area contributed by atoms with Gasteiger partial charge in [-0.3, -0.25) is 0 Å². The van der Waals surface area contributed by atoms with Gasteiger partial charge in [-0.15, -0.1) is 0 Å². The molecular weight excluding hydrogens is 132 g/mol. The first-order valence-corrected chi connectivity index (χ1v) is 4.42. The number of allylic oxidation sites excluding steroid dienone is 3. The molecule has 0 bridgehead atoms. The summed E-state index contributed by atoms with van der Waals surface area (Å²) in [4.78, 5) is 0. The van der Waals surface area contributed by atoms with Gasteiger partial charge in [0, 0.05) is 0 Å². The van der Waals surface area contributed by atoms with Gasteiger partial charge in [0.1, 0.15) is 0 Å². The quantitative estimate of drug-likeness (QED) is 0.537. The Kier molecular flexibility index (Phi) is 4.93. The molecule has 0 saturated carbocycles. The first kappa shape index (κ1) is 10.5. The van der Waals surface area contributed by atoms with E-state index in [9.17, 15) is 0 Å². The van der Waals surface area contributed by atoms with Gasteiger partial charge < -0.3 is 0 Å². The van der Waals surface area contributed by atoms with Crippen LogP contribution in [0.2, 0.25) is 0 Å². The lowest BCUT2D eigenvalue weighted by molar-refractivity contribution is 0.445. The molecule has 11 heavy (non-hydrogen) atoms. The molecule has 0 aromatic rings. The van der Waals surface area contributed by atoms with Crippen molar-refractivity contribution in [3.05, 3.63) is 24.3 Å². The Balaban J connectivity index is 4.03. The number of rotatable bonds is 4. The van der Waals surface area contributed by atoms with E-state index in [2.05, 4.69) is 40.3 Å². The highest BCUT2D eigenvalue weighted by Crippen LogP contribution is 2.17. The summed E-state index contributed by atoms with van der Waals surface area (Å²) in [5, 5.41) is 0. The highest BCUT2D eigenvalue weighted by atomic mass is 14.1. The van der Waals surface area contributed by atoms with Crippen LogP contribution in [0.4, 0.5) is 0 Å². The molecule has 0 aliphatic rings. The van der Waals surface area contributed by atoms with Crippen molar-refractivity contribution in [3.8, 4) is 0 Å². The molecule has 0 aromatic heterocycles. The van der Waals surface area contributed by atoms with Crippen LogP contribution < -0.4 is 0 Å². The van der Waals surface area contributed by atoms with Gasteiger partial charge in [0.15, 0.2) is 0 Å². The largest absolute Gasteiger partial charge is 0.0988 e. The molecule has 0 saturated heterocycles. The van der Waals surface area contributed by atoms with Gasteiger partial charge in [-0.2, -0.15) is 0 Å². The van der Waals surface area contributed by atoms with Crippen LogP contribution in [-0.4, -0.2) is 0 Å². The van der Waals surface area contributed by atoms with Crippen LogP contribution in [0.15, 0.2) is 24.3 Å². The summed E-state index contributed by atoms with van der Waals surface area (Å²) in [5.74, 6) is 1.46. The Hall–Kier alpha value is -0.520. The van der Waals surface area contributed by atoms with Crippen molar-refractivity contribution in [2.45, 2.75) is 34.1 Å². The van der Waals surface area contributed by atoms with Gasteiger partial charge in [-0.25, -0.2) is 0 Å². The van der Waals surface area contributed by atoms with E-state index >= 15 is 0 Å². The van der Waals surface area contributed by atoms with Crippen molar-refractivity contribution in [3.63, 3.8) is 0 Å². The Morgan fingerprint density at radius 2 is 2.00 bits per heavy atom. The average Bonchev–Trinajstić information content (AvgIpc) is 2.02. The van der Waals surface area contributed by atoms with E-state index in [-0.39, 0.29) is 0 Å². The zero-order valence-corrected chi connectivity index (χ0v) is 8.22. The zero-order chi connectivity index (χ0) is 8.85. The van der Waals surface area contributed by atoms with Crippen molar-refractivity contribution < 1.29 is 0 Å². The predicted molar refractivity (Wildman–Crippen MR) is 52.6 cm³/mol. The molecule has 0 radical (unpaired) electrons. The Bertz CT molecular complexity index is 142. The van der Waals surface area contributed by atoms with Crippen molar-refractivity contribution in [2.24, 2.45) is 11.8 Å². The van der Waals surface area contributed by atoms with Crippen LogP contribution in [0.5, 0.6) is 0 Å². The Morgan fingerprint density at radius 3 is 2.36 bits per heavy atom. The molecule has 0 spiro atoms. The SMILES string of the molecule is C=C/C(C)=C\C(C)C(C)CC. The predicted octanol–water partition coefficient (Wildman–Crippen LogP) is 3.80. The van der Waals surface area contributed by atoms with E-state index in [1.54, 1.807) is 0 Å². The summed E-state index contributed by atoms with van der Waals surface area (Å²) in [7, 11) is 0. The molecule has 0 rings (SSSR count). The molecule has 0 N–H and O–H groups in total.